The van der Waals surface area contributed by atoms with Gasteiger partial charge in [0.2, 0.25) is 0 Å². The van der Waals surface area contributed by atoms with E-state index in [2.05, 4.69) is 0 Å². The average molecular weight is 248 g/mol. The zero-order valence-electron chi connectivity index (χ0n) is 11.2. The van der Waals surface area contributed by atoms with Crippen LogP contribution >= 0.6 is 0 Å². The Balaban J connectivity index is 2.05. The minimum Gasteiger partial charge on any atom is -0.490 e. The van der Waals surface area contributed by atoms with Gasteiger partial charge in [0.05, 0.1) is 6.10 Å². The largest absolute Gasteiger partial charge is 0.490 e. The van der Waals surface area contributed by atoms with E-state index in [1.807, 2.05) is 19.1 Å². The third kappa shape index (κ3) is 3.10. The van der Waals surface area contributed by atoms with Crippen molar-refractivity contribution < 1.29 is 14.3 Å². The molecule has 0 aromatic heterocycles. The molecule has 18 heavy (non-hydrogen) atoms. The maximum Gasteiger partial charge on any atom is 0.194 e. The van der Waals surface area contributed by atoms with Crippen LogP contribution < -0.4 is 4.74 Å². The van der Waals surface area contributed by atoms with Crippen LogP contribution in [-0.4, -0.2) is 24.1 Å². The summed E-state index contributed by atoms with van der Waals surface area (Å²) in [6, 6.07) is 7.32. The summed E-state index contributed by atoms with van der Waals surface area (Å²) in [6.07, 6.45) is 2.65. The molecule has 3 nitrogen and oxygen atoms in total. The van der Waals surface area contributed by atoms with E-state index in [9.17, 15) is 4.79 Å². The molecular weight excluding hydrogens is 228 g/mol. The fraction of sp³-hybridized carbons (Fsp3) is 0.533. The highest BCUT2D eigenvalue weighted by Crippen LogP contribution is 2.27. The monoisotopic (exact) mass is 248 g/mol. The molecule has 0 heterocycles. The fourth-order valence-corrected chi connectivity index (χ4v) is 1.84. The van der Waals surface area contributed by atoms with Gasteiger partial charge in [0.15, 0.2) is 5.78 Å². The Bertz CT molecular complexity index is 416. The summed E-state index contributed by atoms with van der Waals surface area (Å²) in [6.45, 7) is 6.02. The van der Waals surface area contributed by atoms with Gasteiger partial charge in [-0.3, -0.25) is 4.79 Å². The van der Waals surface area contributed by atoms with Gasteiger partial charge in [0.25, 0.3) is 0 Å². The number of hydrogen-bond donors (Lipinski definition) is 0. The number of ketones is 1. The quantitative estimate of drug-likeness (QED) is 0.725. The summed E-state index contributed by atoms with van der Waals surface area (Å²) in [5, 5.41) is 0. The lowest BCUT2D eigenvalue weighted by Gasteiger charge is -2.23. The topological polar surface area (TPSA) is 35.5 Å². The van der Waals surface area contributed by atoms with E-state index in [1.54, 1.807) is 26.0 Å². The van der Waals surface area contributed by atoms with Crippen molar-refractivity contribution in [3.8, 4) is 5.75 Å². The average Bonchev–Trinajstić information content (AvgIpc) is 3.13. The molecule has 3 heteroatoms. The van der Waals surface area contributed by atoms with Gasteiger partial charge < -0.3 is 9.47 Å². The summed E-state index contributed by atoms with van der Waals surface area (Å²) in [5.41, 5.74) is -0.107. The molecule has 1 aromatic carbocycles. The number of hydrogen-bond acceptors (Lipinski definition) is 3. The minimum atomic E-state index is -0.770. The SMILES string of the molecule is CCOC(C)(C)C(=O)c1ccc(OC2CC2)cc1. The summed E-state index contributed by atoms with van der Waals surface area (Å²) in [5.74, 6) is 0.839. The Morgan fingerprint density at radius 2 is 1.89 bits per heavy atom. The van der Waals surface area contributed by atoms with Gasteiger partial charge in [-0.1, -0.05) is 0 Å². The number of Topliss-reactive ketones (excluding diaryl/α,β-unsaturated/α-hetero) is 1. The van der Waals surface area contributed by atoms with E-state index in [0.29, 0.717) is 18.3 Å². The number of carbonyl (C=O) groups excluding carboxylic acids is 1. The maximum absolute atomic E-state index is 12.2. The third-order valence-corrected chi connectivity index (χ3v) is 3.00. The van der Waals surface area contributed by atoms with Crippen LogP contribution in [0.15, 0.2) is 24.3 Å². The summed E-state index contributed by atoms with van der Waals surface area (Å²) in [7, 11) is 0. The molecule has 1 fully saturated rings. The van der Waals surface area contributed by atoms with Crippen LogP contribution in [0, 0.1) is 0 Å². The number of ether oxygens (including phenoxy) is 2. The molecule has 0 atom stereocenters. The number of benzene rings is 1. The summed E-state index contributed by atoms with van der Waals surface area (Å²) >= 11 is 0. The molecule has 1 aromatic rings. The van der Waals surface area contributed by atoms with Crippen molar-refractivity contribution in [1.82, 2.24) is 0 Å². The van der Waals surface area contributed by atoms with Crippen LogP contribution in [-0.2, 0) is 4.74 Å². The van der Waals surface area contributed by atoms with E-state index in [4.69, 9.17) is 9.47 Å². The highest BCUT2D eigenvalue weighted by molar-refractivity contribution is 6.02. The van der Waals surface area contributed by atoms with Gasteiger partial charge in [0, 0.05) is 12.2 Å². The van der Waals surface area contributed by atoms with Crippen molar-refractivity contribution in [2.75, 3.05) is 6.61 Å². The van der Waals surface area contributed by atoms with Crippen LogP contribution in [0.25, 0.3) is 0 Å². The first kappa shape index (κ1) is 13.1. The second-order valence-electron chi connectivity index (χ2n) is 5.11. The van der Waals surface area contributed by atoms with Crippen molar-refractivity contribution in [1.29, 1.82) is 0 Å². The molecule has 1 aliphatic rings. The van der Waals surface area contributed by atoms with Gasteiger partial charge in [-0.05, 0) is 57.9 Å². The molecule has 0 radical (unpaired) electrons. The number of carbonyl (C=O) groups is 1. The highest BCUT2D eigenvalue weighted by Gasteiger charge is 2.29. The first-order valence-electron chi connectivity index (χ1n) is 6.48. The molecule has 0 N–H and O–H groups in total. The summed E-state index contributed by atoms with van der Waals surface area (Å²) < 4.78 is 11.1. The van der Waals surface area contributed by atoms with Crippen molar-refractivity contribution >= 4 is 5.78 Å². The molecule has 0 aliphatic heterocycles. The third-order valence-electron chi connectivity index (χ3n) is 3.00. The van der Waals surface area contributed by atoms with Gasteiger partial charge in [-0.25, -0.2) is 0 Å². The Morgan fingerprint density at radius 3 is 2.39 bits per heavy atom. The fourth-order valence-electron chi connectivity index (χ4n) is 1.84. The maximum atomic E-state index is 12.2. The van der Waals surface area contributed by atoms with E-state index >= 15 is 0 Å². The van der Waals surface area contributed by atoms with Crippen LogP contribution in [0.2, 0.25) is 0 Å². The zero-order valence-corrected chi connectivity index (χ0v) is 11.2. The molecule has 0 saturated heterocycles. The van der Waals surface area contributed by atoms with E-state index in [-0.39, 0.29) is 5.78 Å². The molecule has 0 spiro atoms. The highest BCUT2D eigenvalue weighted by atomic mass is 16.5. The normalized spacial score (nSPS) is 15.5. The van der Waals surface area contributed by atoms with Crippen molar-refractivity contribution in [2.45, 2.75) is 45.3 Å². The Hall–Kier alpha value is -1.35. The van der Waals surface area contributed by atoms with Crippen molar-refractivity contribution in [2.24, 2.45) is 0 Å². The zero-order chi connectivity index (χ0) is 13.2. The predicted molar refractivity (Wildman–Crippen MR) is 70.1 cm³/mol. The number of rotatable bonds is 6. The minimum absolute atomic E-state index is 0.00215. The molecule has 0 unspecified atom stereocenters. The Labute approximate surface area is 108 Å². The summed E-state index contributed by atoms with van der Waals surface area (Å²) in [4.78, 5) is 12.2. The first-order valence-corrected chi connectivity index (χ1v) is 6.48. The van der Waals surface area contributed by atoms with Gasteiger partial charge in [0.1, 0.15) is 11.4 Å². The molecule has 0 amide bonds. The second kappa shape index (κ2) is 5.11. The smallest absolute Gasteiger partial charge is 0.194 e. The Kier molecular flexibility index (Phi) is 3.71. The van der Waals surface area contributed by atoms with Gasteiger partial charge in [-0.2, -0.15) is 0 Å². The van der Waals surface area contributed by atoms with Gasteiger partial charge in [-0.15, -0.1) is 0 Å². The predicted octanol–water partition coefficient (Wildman–Crippen LogP) is 3.23. The van der Waals surface area contributed by atoms with Crippen LogP contribution in [0.5, 0.6) is 5.75 Å². The second-order valence-corrected chi connectivity index (χ2v) is 5.11. The standard InChI is InChI=1S/C15H20O3/c1-4-17-15(2,3)14(16)11-5-7-12(8-6-11)18-13-9-10-13/h5-8,13H,4,9-10H2,1-3H3. The first-order chi connectivity index (χ1) is 8.53. The van der Waals surface area contributed by atoms with E-state index in [0.717, 1.165) is 18.6 Å². The van der Waals surface area contributed by atoms with Crippen LogP contribution in [0.4, 0.5) is 0 Å². The van der Waals surface area contributed by atoms with Crippen LogP contribution in [0.3, 0.4) is 0 Å². The molecule has 0 bridgehead atoms. The molecule has 2 rings (SSSR count). The van der Waals surface area contributed by atoms with Crippen LogP contribution in [0.1, 0.15) is 44.0 Å². The van der Waals surface area contributed by atoms with E-state index < -0.39 is 5.60 Å². The molecular formula is C15H20O3. The lowest BCUT2D eigenvalue weighted by Crippen LogP contribution is -2.35. The van der Waals surface area contributed by atoms with Crippen molar-refractivity contribution in [3.63, 3.8) is 0 Å². The molecule has 98 valence electrons. The lowest BCUT2D eigenvalue weighted by molar-refractivity contribution is 0.00126. The lowest BCUT2D eigenvalue weighted by atomic mass is 9.96. The van der Waals surface area contributed by atoms with E-state index in [1.165, 1.54) is 0 Å². The van der Waals surface area contributed by atoms with Crippen molar-refractivity contribution in [3.05, 3.63) is 29.8 Å². The molecule has 1 saturated carbocycles. The van der Waals surface area contributed by atoms with Gasteiger partial charge >= 0.3 is 0 Å². The molecule has 1 aliphatic carbocycles. The Morgan fingerprint density at radius 1 is 1.28 bits per heavy atom.